The summed E-state index contributed by atoms with van der Waals surface area (Å²) in [6.07, 6.45) is 0. The second-order valence-electron chi connectivity index (χ2n) is 3.67. The highest BCUT2D eigenvalue weighted by atomic mass is 35.5. The SMILES string of the molecule is COc1cccc(-c2ccc(F)c(Cl)c2)c1OC. The third kappa shape index (κ3) is 2.27. The van der Waals surface area contributed by atoms with Crippen molar-refractivity contribution in [3.63, 3.8) is 0 Å². The summed E-state index contributed by atoms with van der Waals surface area (Å²) in [4.78, 5) is 0. The van der Waals surface area contributed by atoms with Gasteiger partial charge < -0.3 is 9.47 Å². The van der Waals surface area contributed by atoms with Crippen LogP contribution in [0.5, 0.6) is 11.5 Å². The lowest BCUT2D eigenvalue weighted by Gasteiger charge is -2.12. The van der Waals surface area contributed by atoms with E-state index in [-0.39, 0.29) is 5.02 Å². The molecule has 0 radical (unpaired) electrons. The topological polar surface area (TPSA) is 18.5 Å². The Bertz CT molecular complexity index is 570. The minimum absolute atomic E-state index is 0.0809. The summed E-state index contributed by atoms with van der Waals surface area (Å²) in [6.45, 7) is 0. The van der Waals surface area contributed by atoms with Crippen molar-refractivity contribution in [3.05, 3.63) is 47.2 Å². The van der Waals surface area contributed by atoms with Crippen molar-refractivity contribution in [3.8, 4) is 22.6 Å². The zero-order chi connectivity index (χ0) is 13.1. The molecule has 2 rings (SSSR count). The van der Waals surface area contributed by atoms with E-state index in [2.05, 4.69) is 0 Å². The van der Waals surface area contributed by atoms with E-state index in [1.54, 1.807) is 32.4 Å². The van der Waals surface area contributed by atoms with Gasteiger partial charge in [-0.15, -0.1) is 0 Å². The Balaban J connectivity index is 2.59. The van der Waals surface area contributed by atoms with Gasteiger partial charge in [-0.25, -0.2) is 4.39 Å². The number of hydrogen-bond acceptors (Lipinski definition) is 2. The smallest absolute Gasteiger partial charge is 0.168 e. The van der Waals surface area contributed by atoms with Crippen LogP contribution in [-0.2, 0) is 0 Å². The maximum atomic E-state index is 13.2. The highest BCUT2D eigenvalue weighted by Crippen LogP contribution is 2.38. The first-order chi connectivity index (χ1) is 8.67. The summed E-state index contributed by atoms with van der Waals surface area (Å²) >= 11 is 5.79. The summed E-state index contributed by atoms with van der Waals surface area (Å²) in [7, 11) is 3.13. The molecule has 0 fully saturated rings. The number of halogens is 2. The fraction of sp³-hybridized carbons (Fsp3) is 0.143. The highest BCUT2D eigenvalue weighted by molar-refractivity contribution is 6.31. The number of benzene rings is 2. The first-order valence-electron chi connectivity index (χ1n) is 5.33. The summed E-state index contributed by atoms with van der Waals surface area (Å²) in [6, 6.07) is 10.1. The van der Waals surface area contributed by atoms with Crippen LogP contribution >= 0.6 is 11.6 Å². The number of hydrogen-bond donors (Lipinski definition) is 0. The van der Waals surface area contributed by atoms with E-state index in [4.69, 9.17) is 21.1 Å². The Kier molecular flexibility index (Phi) is 3.72. The van der Waals surface area contributed by atoms with Crippen LogP contribution in [0.1, 0.15) is 0 Å². The molecule has 2 nitrogen and oxygen atoms in total. The quantitative estimate of drug-likeness (QED) is 0.830. The van der Waals surface area contributed by atoms with Gasteiger partial charge in [-0.2, -0.15) is 0 Å². The van der Waals surface area contributed by atoms with Gasteiger partial charge in [0.2, 0.25) is 0 Å². The van der Waals surface area contributed by atoms with Gasteiger partial charge in [0.15, 0.2) is 11.5 Å². The first-order valence-corrected chi connectivity index (χ1v) is 5.71. The molecule has 0 spiro atoms. The molecule has 4 heteroatoms. The van der Waals surface area contributed by atoms with Crippen LogP contribution in [-0.4, -0.2) is 14.2 Å². The summed E-state index contributed by atoms with van der Waals surface area (Å²) in [5.41, 5.74) is 1.58. The largest absolute Gasteiger partial charge is 0.493 e. The van der Waals surface area contributed by atoms with Crippen molar-refractivity contribution < 1.29 is 13.9 Å². The molecule has 0 aliphatic heterocycles. The molecule has 2 aromatic rings. The Morgan fingerprint density at radius 3 is 2.44 bits per heavy atom. The highest BCUT2D eigenvalue weighted by Gasteiger charge is 2.12. The van der Waals surface area contributed by atoms with Crippen molar-refractivity contribution in [1.29, 1.82) is 0 Å². The Labute approximate surface area is 110 Å². The Morgan fingerprint density at radius 2 is 1.83 bits per heavy atom. The average Bonchev–Trinajstić information content (AvgIpc) is 2.40. The van der Waals surface area contributed by atoms with Crippen molar-refractivity contribution in [2.24, 2.45) is 0 Å². The van der Waals surface area contributed by atoms with Crippen molar-refractivity contribution >= 4 is 11.6 Å². The van der Waals surface area contributed by atoms with Crippen molar-refractivity contribution in [2.75, 3.05) is 14.2 Å². The summed E-state index contributed by atoms with van der Waals surface area (Å²) < 4.78 is 23.7. The molecule has 0 bridgehead atoms. The number of para-hydroxylation sites is 1. The molecule has 0 saturated carbocycles. The van der Waals surface area contributed by atoms with Gasteiger partial charge in [0.1, 0.15) is 5.82 Å². The average molecular weight is 267 g/mol. The molecule has 94 valence electrons. The molecule has 0 atom stereocenters. The standard InChI is InChI=1S/C14H12ClFO2/c1-17-13-5-3-4-10(14(13)18-2)9-6-7-12(16)11(15)8-9/h3-8H,1-2H3. The molecule has 0 heterocycles. The van der Waals surface area contributed by atoms with Crippen molar-refractivity contribution in [1.82, 2.24) is 0 Å². The zero-order valence-corrected chi connectivity index (χ0v) is 10.8. The van der Waals surface area contributed by atoms with Crippen LogP contribution in [0.3, 0.4) is 0 Å². The maximum Gasteiger partial charge on any atom is 0.168 e. The van der Waals surface area contributed by atoms with E-state index in [0.29, 0.717) is 11.5 Å². The van der Waals surface area contributed by atoms with Crippen LogP contribution in [0.2, 0.25) is 5.02 Å². The second kappa shape index (κ2) is 5.27. The molecule has 0 amide bonds. The molecular weight excluding hydrogens is 255 g/mol. The molecule has 0 aromatic heterocycles. The predicted octanol–water partition coefficient (Wildman–Crippen LogP) is 4.16. The predicted molar refractivity (Wildman–Crippen MR) is 70.0 cm³/mol. The fourth-order valence-corrected chi connectivity index (χ4v) is 1.96. The lowest BCUT2D eigenvalue weighted by Crippen LogP contribution is -1.93. The molecule has 0 aliphatic rings. The van der Waals surface area contributed by atoms with Gasteiger partial charge in [-0.3, -0.25) is 0 Å². The van der Waals surface area contributed by atoms with Crippen LogP contribution in [0, 0.1) is 5.82 Å². The van der Waals surface area contributed by atoms with E-state index in [9.17, 15) is 4.39 Å². The van der Waals surface area contributed by atoms with Crippen LogP contribution < -0.4 is 9.47 Å². The molecular formula is C14H12ClFO2. The van der Waals surface area contributed by atoms with Crippen molar-refractivity contribution in [2.45, 2.75) is 0 Å². The van der Waals surface area contributed by atoms with E-state index >= 15 is 0 Å². The third-order valence-electron chi connectivity index (χ3n) is 2.63. The lowest BCUT2D eigenvalue weighted by atomic mass is 10.0. The first kappa shape index (κ1) is 12.7. The van der Waals surface area contributed by atoms with Gasteiger partial charge in [-0.05, 0) is 23.8 Å². The fourth-order valence-electron chi connectivity index (χ4n) is 1.78. The third-order valence-corrected chi connectivity index (χ3v) is 2.92. The Morgan fingerprint density at radius 1 is 1.06 bits per heavy atom. The van der Waals surface area contributed by atoms with E-state index in [1.807, 2.05) is 12.1 Å². The van der Waals surface area contributed by atoms with E-state index in [0.717, 1.165) is 11.1 Å². The van der Waals surface area contributed by atoms with Gasteiger partial charge in [0.25, 0.3) is 0 Å². The number of ether oxygens (including phenoxy) is 2. The molecule has 18 heavy (non-hydrogen) atoms. The maximum absolute atomic E-state index is 13.2. The minimum Gasteiger partial charge on any atom is -0.493 e. The molecule has 0 aliphatic carbocycles. The number of methoxy groups -OCH3 is 2. The summed E-state index contributed by atoms with van der Waals surface area (Å²) in [5.74, 6) is 0.778. The monoisotopic (exact) mass is 266 g/mol. The van der Waals surface area contributed by atoms with Crippen LogP contribution in [0.15, 0.2) is 36.4 Å². The van der Waals surface area contributed by atoms with Gasteiger partial charge in [0, 0.05) is 5.56 Å². The zero-order valence-electron chi connectivity index (χ0n) is 10.0. The molecule has 0 saturated heterocycles. The van der Waals surface area contributed by atoms with E-state index < -0.39 is 5.82 Å². The van der Waals surface area contributed by atoms with Crippen LogP contribution in [0.4, 0.5) is 4.39 Å². The molecule has 0 unspecified atom stereocenters. The Hall–Kier alpha value is -1.74. The molecule has 2 aromatic carbocycles. The second-order valence-corrected chi connectivity index (χ2v) is 4.08. The molecule has 0 N–H and O–H groups in total. The lowest BCUT2D eigenvalue weighted by molar-refractivity contribution is 0.356. The van der Waals surface area contributed by atoms with Crippen LogP contribution in [0.25, 0.3) is 11.1 Å². The van der Waals surface area contributed by atoms with E-state index in [1.165, 1.54) is 6.07 Å². The van der Waals surface area contributed by atoms with Gasteiger partial charge >= 0.3 is 0 Å². The van der Waals surface area contributed by atoms with Gasteiger partial charge in [-0.1, -0.05) is 29.8 Å². The number of rotatable bonds is 3. The summed E-state index contributed by atoms with van der Waals surface area (Å²) in [5, 5.41) is 0.0809. The van der Waals surface area contributed by atoms with Gasteiger partial charge in [0.05, 0.1) is 19.2 Å². The normalized spacial score (nSPS) is 10.2. The minimum atomic E-state index is -0.442.